The van der Waals surface area contributed by atoms with Gasteiger partial charge >= 0.3 is 0 Å². The highest BCUT2D eigenvalue weighted by atomic mass is 32.2. The number of fused-ring (bicyclic) bond motifs is 3. The molecule has 0 bridgehead atoms. The molecule has 2 aromatic carbocycles. The van der Waals surface area contributed by atoms with Crippen molar-refractivity contribution in [3.8, 4) is 22.8 Å². The van der Waals surface area contributed by atoms with Crippen molar-refractivity contribution in [1.82, 2.24) is 9.46 Å². The Balaban J connectivity index is 1.36. The Morgan fingerprint density at radius 3 is 2.70 bits per heavy atom. The van der Waals surface area contributed by atoms with Crippen LogP contribution in [0.4, 0.5) is 5.69 Å². The van der Waals surface area contributed by atoms with Gasteiger partial charge in [-0.1, -0.05) is 11.2 Å². The van der Waals surface area contributed by atoms with Crippen LogP contribution in [-0.4, -0.2) is 51.2 Å². The molecule has 0 radical (unpaired) electrons. The number of benzene rings is 2. The lowest BCUT2D eigenvalue weighted by molar-refractivity contribution is 0.297. The average Bonchev–Trinajstić information content (AvgIpc) is 3.28. The summed E-state index contributed by atoms with van der Waals surface area (Å²) < 4.78 is 44.3. The number of hydrogen-bond acceptors (Lipinski definition) is 7. The Hall–Kier alpha value is -3.04. The van der Waals surface area contributed by atoms with Gasteiger partial charge in [-0.25, -0.2) is 8.42 Å². The molecule has 2 aliphatic rings. The van der Waals surface area contributed by atoms with Gasteiger partial charge in [0.1, 0.15) is 18.1 Å². The highest BCUT2D eigenvalue weighted by Gasteiger charge is 2.31. The molecular formula is C21H21N3O5S. The van der Waals surface area contributed by atoms with E-state index in [9.17, 15) is 8.42 Å². The Kier molecular flexibility index (Phi) is 4.63. The summed E-state index contributed by atoms with van der Waals surface area (Å²) in [6, 6.07) is 12.7. The maximum absolute atomic E-state index is 13.3. The third kappa shape index (κ3) is 3.20. The molecule has 0 aliphatic carbocycles. The summed E-state index contributed by atoms with van der Waals surface area (Å²) >= 11 is 0. The Morgan fingerprint density at radius 2 is 1.90 bits per heavy atom. The van der Waals surface area contributed by atoms with Gasteiger partial charge in [0, 0.05) is 37.9 Å². The minimum Gasteiger partial charge on any atom is -0.497 e. The third-order valence-corrected chi connectivity index (χ3v) is 7.41. The fourth-order valence-electron chi connectivity index (χ4n) is 3.86. The Morgan fingerprint density at radius 1 is 1.07 bits per heavy atom. The number of anilines is 1. The lowest BCUT2D eigenvalue weighted by Crippen LogP contribution is -2.48. The first-order valence-electron chi connectivity index (χ1n) is 9.66. The van der Waals surface area contributed by atoms with Crippen LogP contribution in [0, 0.1) is 0 Å². The molecule has 8 nitrogen and oxygen atoms in total. The van der Waals surface area contributed by atoms with Gasteiger partial charge in [-0.2, -0.15) is 4.31 Å². The number of aromatic nitrogens is 1. The first-order valence-corrected chi connectivity index (χ1v) is 11.1. The van der Waals surface area contributed by atoms with Crippen LogP contribution in [0.5, 0.6) is 11.5 Å². The second kappa shape index (κ2) is 7.33. The fourth-order valence-corrected chi connectivity index (χ4v) is 5.31. The van der Waals surface area contributed by atoms with E-state index in [1.807, 2.05) is 24.3 Å². The van der Waals surface area contributed by atoms with Crippen LogP contribution in [0.3, 0.4) is 0 Å². The van der Waals surface area contributed by atoms with Crippen molar-refractivity contribution in [2.45, 2.75) is 11.5 Å². The van der Waals surface area contributed by atoms with Gasteiger partial charge in [-0.3, -0.25) is 0 Å². The van der Waals surface area contributed by atoms with Gasteiger partial charge in [0.25, 0.3) is 0 Å². The molecule has 5 rings (SSSR count). The predicted octanol–water partition coefficient (Wildman–Crippen LogP) is 2.75. The minimum atomic E-state index is -3.64. The van der Waals surface area contributed by atoms with Crippen LogP contribution in [0.2, 0.25) is 0 Å². The zero-order chi connectivity index (χ0) is 20.7. The topological polar surface area (TPSA) is 85.1 Å². The summed E-state index contributed by atoms with van der Waals surface area (Å²) in [7, 11) is -2.00. The van der Waals surface area contributed by atoms with E-state index in [0.29, 0.717) is 49.9 Å². The van der Waals surface area contributed by atoms with Crippen molar-refractivity contribution in [3.05, 3.63) is 54.2 Å². The quantitative estimate of drug-likeness (QED) is 0.633. The minimum absolute atomic E-state index is 0.226. The number of hydrogen-bond donors (Lipinski definition) is 0. The van der Waals surface area contributed by atoms with Crippen molar-refractivity contribution in [3.63, 3.8) is 0 Å². The van der Waals surface area contributed by atoms with Gasteiger partial charge in [0.05, 0.1) is 29.3 Å². The van der Waals surface area contributed by atoms with Crippen molar-refractivity contribution in [2.24, 2.45) is 0 Å². The summed E-state index contributed by atoms with van der Waals surface area (Å²) in [6.07, 6.45) is 1.59. The van der Waals surface area contributed by atoms with Crippen LogP contribution in [0.25, 0.3) is 11.3 Å². The van der Waals surface area contributed by atoms with Crippen LogP contribution in [-0.2, 0) is 16.6 Å². The Bertz CT molecular complexity index is 1180. The van der Waals surface area contributed by atoms with Crippen LogP contribution < -0.4 is 14.4 Å². The molecule has 2 aliphatic heterocycles. The summed E-state index contributed by atoms with van der Waals surface area (Å²) in [5.41, 5.74) is 2.45. The van der Waals surface area contributed by atoms with Crippen molar-refractivity contribution >= 4 is 15.7 Å². The molecule has 3 heterocycles. The number of nitrogens with zero attached hydrogens (tertiary/aromatic N) is 3. The first kappa shape index (κ1) is 19.0. The lowest BCUT2D eigenvalue weighted by atomic mass is 10.1. The molecule has 0 N–H and O–H groups in total. The number of sulfonamides is 1. The fraction of sp³-hybridized carbons (Fsp3) is 0.286. The van der Waals surface area contributed by atoms with Gasteiger partial charge < -0.3 is 18.9 Å². The van der Waals surface area contributed by atoms with Gasteiger partial charge in [0.15, 0.2) is 5.76 Å². The predicted molar refractivity (Wildman–Crippen MR) is 110 cm³/mol. The van der Waals surface area contributed by atoms with E-state index in [1.165, 1.54) is 4.31 Å². The summed E-state index contributed by atoms with van der Waals surface area (Å²) in [5.74, 6) is 1.95. The smallest absolute Gasteiger partial charge is 0.243 e. The maximum Gasteiger partial charge on any atom is 0.243 e. The average molecular weight is 427 g/mol. The van der Waals surface area contributed by atoms with Gasteiger partial charge in [-0.05, 0) is 30.3 Å². The summed E-state index contributed by atoms with van der Waals surface area (Å²) in [4.78, 5) is 2.39. The molecule has 156 valence electrons. The molecule has 1 aromatic heterocycles. The molecule has 9 heteroatoms. The van der Waals surface area contributed by atoms with Crippen molar-refractivity contribution in [1.29, 1.82) is 0 Å². The van der Waals surface area contributed by atoms with Gasteiger partial charge in [-0.15, -0.1) is 0 Å². The molecule has 30 heavy (non-hydrogen) atoms. The van der Waals surface area contributed by atoms with Crippen LogP contribution >= 0.6 is 0 Å². The van der Waals surface area contributed by atoms with E-state index in [2.05, 4.69) is 10.1 Å². The third-order valence-electron chi connectivity index (χ3n) is 5.52. The largest absolute Gasteiger partial charge is 0.497 e. The molecule has 0 unspecified atom stereocenters. The number of methoxy groups -OCH3 is 1. The highest BCUT2D eigenvalue weighted by molar-refractivity contribution is 7.89. The first-order chi connectivity index (χ1) is 14.6. The molecule has 3 aromatic rings. The highest BCUT2D eigenvalue weighted by Crippen LogP contribution is 2.39. The Labute approximate surface area is 174 Å². The molecule has 0 atom stereocenters. The van der Waals surface area contributed by atoms with E-state index >= 15 is 0 Å². The molecule has 0 spiro atoms. The van der Waals surface area contributed by atoms with Crippen molar-refractivity contribution < 1.29 is 22.4 Å². The van der Waals surface area contributed by atoms with E-state index in [-0.39, 0.29) is 4.90 Å². The zero-order valence-corrected chi connectivity index (χ0v) is 17.3. The number of rotatable bonds is 4. The molecule has 1 saturated heterocycles. The van der Waals surface area contributed by atoms with Gasteiger partial charge in [0.2, 0.25) is 10.0 Å². The SMILES string of the molecule is COc1cccc(N2CCN(S(=O)(=O)c3ccc4c(c3)-c3oncc3CO4)CC2)c1. The van der Waals surface area contributed by atoms with Crippen LogP contribution in [0.1, 0.15) is 5.56 Å². The van der Waals surface area contributed by atoms with E-state index in [0.717, 1.165) is 17.0 Å². The summed E-state index contributed by atoms with van der Waals surface area (Å²) in [6.45, 7) is 2.38. The second-order valence-corrected chi connectivity index (χ2v) is 9.16. The number of piperazine rings is 1. The second-order valence-electron chi connectivity index (χ2n) is 7.22. The zero-order valence-electron chi connectivity index (χ0n) is 16.4. The molecular weight excluding hydrogens is 406 g/mol. The molecule has 0 amide bonds. The maximum atomic E-state index is 13.3. The normalized spacial score (nSPS) is 16.5. The standard InChI is InChI=1S/C21H21N3O5S/c1-27-17-4-2-3-16(11-17)23-7-9-24(10-8-23)30(25,26)18-5-6-20-19(12-18)21-15(14-28-20)13-22-29-21/h2-6,11-13H,7-10,14H2,1H3. The lowest BCUT2D eigenvalue weighted by Gasteiger charge is -2.35. The molecule has 1 fully saturated rings. The van der Waals surface area contributed by atoms with Crippen LogP contribution in [0.15, 0.2) is 58.1 Å². The van der Waals surface area contributed by atoms with E-state index in [4.69, 9.17) is 14.0 Å². The summed E-state index contributed by atoms with van der Waals surface area (Å²) in [5, 5.41) is 3.80. The monoisotopic (exact) mass is 427 g/mol. The van der Waals surface area contributed by atoms with Crippen molar-refractivity contribution in [2.75, 3.05) is 38.2 Å². The van der Waals surface area contributed by atoms with E-state index in [1.54, 1.807) is 31.5 Å². The van der Waals surface area contributed by atoms with E-state index < -0.39 is 10.0 Å². The number of ether oxygens (including phenoxy) is 2. The molecule has 0 saturated carbocycles.